The topological polar surface area (TPSA) is 74.2 Å². The molecular weight excluding hydrogens is 354 g/mol. The number of fused-ring (bicyclic) bond motifs is 1. The summed E-state index contributed by atoms with van der Waals surface area (Å²) >= 11 is 6.77. The summed E-state index contributed by atoms with van der Waals surface area (Å²) in [6.07, 6.45) is 3.26. The Kier molecular flexibility index (Phi) is 5.31. The van der Waals surface area contributed by atoms with Crippen molar-refractivity contribution < 1.29 is 9.53 Å². The third-order valence-corrected chi connectivity index (χ3v) is 5.45. The number of ether oxygens (including phenoxy) is 1. The Hall–Kier alpha value is -2.43. The first kappa shape index (κ1) is 17.4. The molecule has 1 aliphatic rings. The number of nitrogens with one attached hydrogen (secondary N) is 2. The lowest BCUT2D eigenvalue weighted by Crippen LogP contribution is -2.35. The van der Waals surface area contributed by atoms with E-state index in [1.807, 2.05) is 24.3 Å². The molecule has 128 valence electrons. The summed E-state index contributed by atoms with van der Waals surface area (Å²) in [6.45, 7) is 0. The zero-order valence-electron chi connectivity index (χ0n) is 13.7. The van der Waals surface area contributed by atoms with Gasteiger partial charge in [0, 0.05) is 4.88 Å². The standard InChI is InChI=1S/C18H17N3O2S2/c1-23-12-7-5-11(6-8-12)9-16(22)20-18(24)21-17-14(10-19)13-3-2-4-15(13)25-17/h5-8H,2-4,9H2,1H3,(H2,20,21,22,24). The highest BCUT2D eigenvalue weighted by Crippen LogP contribution is 2.38. The second-order valence-corrected chi connectivity index (χ2v) is 7.21. The van der Waals surface area contributed by atoms with Crippen LogP contribution in [0, 0.1) is 11.3 Å². The van der Waals surface area contributed by atoms with E-state index in [-0.39, 0.29) is 17.4 Å². The molecule has 0 saturated heterocycles. The van der Waals surface area contributed by atoms with E-state index in [1.54, 1.807) is 18.4 Å². The Labute approximate surface area is 155 Å². The van der Waals surface area contributed by atoms with Gasteiger partial charge in [-0.1, -0.05) is 12.1 Å². The maximum Gasteiger partial charge on any atom is 0.230 e. The number of nitriles is 1. The van der Waals surface area contributed by atoms with Crippen LogP contribution in [-0.2, 0) is 24.1 Å². The van der Waals surface area contributed by atoms with Crippen molar-refractivity contribution in [3.8, 4) is 11.8 Å². The average Bonchev–Trinajstić information content (AvgIpc) is 3.15. The van der Waals surface area contributed by atoms with Crippen LogP contribution in [0.3, 0.4) is 0 Å². The second-order valence-electron chi connectivity index (χ2n) is 5.70. The molecule has 1 aromatic carbocycles. The van der Waals surface area contributed by atoms with E-state index in [4.69, 9.17) is 17.0 Å². The summed E-state index contributed by atoms with van der Waals surface area (Å²) in [6, 6.07) is 9.55. The van der Waals surface area contributed by atoms with Crippen LogP contribution >= 0.6 is 23.6 Å². The molecule has 1 heterocycles. The van der Waals surface area contributed by atoms with E-state index in [9.17, 15) is 10.1 Å². The lowest BCUT2D eigenvalue weighted by atomic mass is 10.1. The minimum atomic E-state index is -0.203. The molecule has 0 saturated carbocycles. The molecule has 0 radical (unpaired) electrons. The molecule has 3 rings (SSSR count). The van der Waals surface area contributed by atoms with E-state index in [2.05, 4.69) is 16.7 Å². The number of anilines is 1. The highest BCUT2D eigenvalue weighted by Gasteiger charge is 2.22. The van der Waals surface area contributed by atoms with Crippen molar-refractivity contribution in [2.45, 2.75) is 25.7 Å². The lowest BCUT2D eigenvalue weighted by molar-refractivity contribution is -0.119. The number of hydrogen-bond donors (Lipinski definition) is 2. The maximum atomic E-state index is 12.1. The van der Waals surface area contributed by atoms with E-state index < -0.39 is 0 Å². The van der Waals surface area contributed by atoms with Gasteiger partial charge in [-0.05, 0) is 54.7 Å². The third kappa shape index (κ3) is 3.98. The number of methoxy groups -OCH3 is 1. The van der Waals surface area contributed by atoms with Gasteiger partial charge in [0.1, 0.15) is 16.8 Å². The largest absolute Gasteiger partial charge is 0.497 e. The van der Waals surface area contributed by atoms with Gasteiger partial charge in [-0.2, -0.15) is 5.26 Å². The minimum Gasteiger partial charge on any atom is -0.497 e. The Balaban J connectivity index is 1.59. The normalized spacial score (nSPS) is 12.2. The first-order chi connectivity index (χ1) is 12.1. The van der Waals surface area contributed by atoms with Gasteiger partial charge in [0.25, 0.3) is 0 Å². The molecule has 2 aromatic rings. The van der Waals surface area contributed by atoms with Crippen LogP contribution in [0.25, 0.3) is 0 Å². The van der Waals surface area contributed by atoms with E-state index in [0.29, 0.717) is 5.56 Å². The number of carbonyl (C=O) groups is 1. The smallest absolute Gasteiger partial charge is 0.230 e. The summed E-state index contributed by atoms with van der Waals surface area (Å²) in [4.78, 5) is 13.4. The highest BCUT2D eigenvalue weighted by atomic mass is 32.1. The number of hydrogen-bond acceptors (Lipinski definition) is 5. The van der Waals surface area contributed by atoms with Gasteiger partial charge in [-0.25, -0.2) is 0 Å². The van der Waals surface area contributed by atoms with Crippen LogP contribution in [0.4, 0.5) is 5.00 Å². The van der Waals surface area contributed by atoms with Crippen LogP contribution in [0.1, 0.15) is 28.0 Å². The van der Waals surface area contributed by atoms with Crippen molar-refractivity contribution in [1.29, 1.82) is 5.26 Å². The molecule has 25 heavy (non-hydrogen) atoms. The molecule has 2 N–H and O–H groups in total. The predicted molar refractivity (Wildman–Crippen MR) is 102 cm³/mol. The Bertz CT molecular complexity index is 850. The van der Waals surface area contributed by atoms with Crippen molar-refractivity contribution in [2.24, 2.45) is 0 Å². The van der Waals surface area contributed by atoms with E-state index >= 15 is 0 Å². The number of rotatable bonds is 4. The zero-order chi connectivity index (χ0) is 17.8. The fourth-order valence-corrected chi connectivity index (χ4v) is 4.37. The van der Waals surface area contributed by atoms with Gasteiger partial charge < -0.3 is 15.4 Å². The van der Waals surface area contributed by atoms with Crippen molar-refractivity contribution in [2.75, 3.05) is 12.4 Å². The molecule has 1 aliphatic carbocycles. The van der Waals surface area contributed by atoms with E-state index in [1.165, 1.54) is 4.88 Å². The molecular formula is C18H17N3O2S2. The van der Waals surface area contributed by atoms with Gasteiger partial charge in [0.05, 0.1) is 19.1 Å². The summed E-state index contributed by atoms with van der Waals surface area (Å²) in [5, 5.41) is 16.0. The van der Waals surface area contributed by atoms with Crippen molar-refractivity contribution in [3.05, 3.63) is 45.8 Å². The highest BCUT2D eigenvalue weighted by molar-refractivity contribution is 7.80. The summed E-state index contributed by atoms with van der Waals surface area (Å²) in [5.41, 5.74) is 2.65. The number of benzene rings is 1. The van der Waals surface area contributed by atoms with Gasteiger partial charge in [-0.3, -0.25) is 4.79 Å². The SMILES string of the molecule is COc1ccc(CC(=O)NC(=S)Nc2sc3c(c2C#N)CCC3)cc1. The number of amides is 1. The summed E-state index contributed by atoms with van der Waals surface area (Å²) in [5.74, 6) is 0.543. The van der Waals surface area contributed by atoms with Gasteiger partial charge >= 0.3 is 0 Å². The molecule has 0 atom stereocenters. The lowest BCUT2D eigenvalue weighted by Gasteiger charge is -2.09. The number of thiophene rings is 1. The quantitative estimate of drug-likeness (QED) is 0.808. The third-order valence-electron chi connectivity index (χ3n) is 4.04. The van der Waals surface area contributed by atoms with Crippen LogP contribution < -0.4 is 15.4 Å². The number of carbonyl (C=O) groups excluding carboxylic acids is 1. The first-order valence-corrected chi connectivity index (χ1v) is 9.11. The van der Waals surface area contributed by atoms with E-state index in [0.717, 1.165) is 41.1 Å². The molecule has 5 nitrogen and oxygen atoms in total. The van der Waals surface area contributed by atoms with Gasteiger partial charge in [0.15, 0.2) is 5.11 Å². The molecule has 7 heteroatoms. The number of aryl methyl sites for hydroxylation is 1. The monoisotopic (exact) mass is 371 g/mol. The minimum absolute atomic E-state index is 0.203. The molecule has 0 aliphatic heterocycles. The van der Waals surface area contributed by atoms with Crippen LogP contribution in [-0.4, -0.2) is 18.1 Å². The molecule has 0 fully saturated rings. The van der Waals surface area contributed by atoms with Crippen LogP contribution in [0.2, 0.25) is 0 Å². The summed E-state index contributed by atoms with van der Waals surface area (Å²) in [7, 11) is 1.60. The summed E-state index contributed by atoms with van der Waals surface area (Å²) < 4.78 is 5.10. The van der Waals surface area contributed by atoms with Gasteiger partial charge in [0.2, 0.25) is 5.91 Å². The Morgan fingerprint density at radius 3 is 2.80 bits per heavy atom. The fourth-order valence-electron chi connectivity index (χ4n) is 2.84. The average molecular weight is 371 g/mol. The number of nitrogens with zero attached hydrogens (tertiary/aromatic N) is 1. The maximum absolute atomic E-state index is 12.1. The second kappa shape index (κ2) is 7.64. The zero-order valence-corrected chi connectivity index (χ0v) is 15.4. The predicted octanol–water partition coefficient (Wildman–Crippen LogP) is 3.17. The Morgan fingerprint density at radius 2 is 2.12 bits per heavy atom. The molecule has 1 amide bonds. The Morgan fingerprint density at radius 1 is 1.36 bits per heavy atom. The molecule has 0 unspecified atom stereocenters. The van der Waals surface area contributed by atoms with Crippen molar-refractivity contribution >= 4 is 39.6 Å². The first-order valence-electron chi connectivity index (χ1n) is 7.89. The van der Waals surface area contributed by atoms with Gasteiger partial charge in [-0.15, -0.1) is 11.3 Å². The molecule has 0 bridgehead atoms. The van der Waals surface area contributed by atoms with Crippen LogP contribution in [0.15, 0.2) is 24.3 Å². The van der Waals surface area contributed by atoms with Crippen LogP contribution in [0.5, 0.6) is 5.75 Å². The molecule has 0 spiro atoms. The number of thiocarbonyl (C=S) groups is 1. The van der Waals surface area contributed by atoms with Crippen molar-refractivity contribution in [1.82, 2.24) is 5.32 Å². The van der Waals surface area contributed by atoms with Crippen molar-refractivity contribution in [3.63, 3.8) is 0 Å². The molecule has 1 aromatic heterocycles. The fraction of sp³-hybridized carbons (Fsp3) is 0.278.